The van der Waals surface area contributed by atoms with Gasteiger partial charge in [0, 0.05) is 19.3 Å². The number of allylic oxidation sites excluding steroid dienone is 12. The number of hydrogen-bond donors (Lipinski definition) is 0. The highest BCUT2D eigenvalue weighted by Crippen LogP contribution is 2.16. The van der Waals surface area contributed by atoms with Crippen molar-refractivity contribution in [2.24, 2.45) is 0 Å². The van der Waals surface area contributed by atoms with Gasteiger partial charge in [0.1, 0.15) is 13.2 Å². The Morgan fingerprint density at radius 3 is 0.913 bits per heavy atom. The molecule has 0 rings (SSSR count). The second-order valence-corrected chi connectivity index (χ2v) is 19.5. The molecule has 0 saturated carbocycles. The zero-order valence-corrected chi connectivity index (χ0v) is 45.6. The predicted octanol–water partition coefficient (Wildman–Crippen LogP) is 19.8. The minimum absolute atomic E-state index is 0.0811. The highest BCUT2D eigenvalue weighted by Gasteiger charge is 2.19. The number of unbranched alkanes of at least 4 members (excludes halogenated alkanes) is 30. The normalized spacial score (nSPS) is 12.6. The molecule has 0 aliphatic carbocycles. The maximum atomic E-state index is 12.9. The third-order valence-corrected chi connectivity index (χ3v) is 12.7. The average Bonchev–Trinajstić information content (AvgIpc) is 3.35. The van der Waals surface area contributed by atoms with Crippen LogP contribution >= 0.6 is 0 Å². The number of ether oxygens (including phenoxy) is 3. The third-order valence-electron chi connectivity index (χ3n) is 12.7. The Kier molecular flexibility index (Phi) is 54.8. The van der Waals surface area contributed by atoms with Crippen molar-refractivity contribution in [2.45, 2.75) is 297 Å². The second-order valence-electron chi connectivity index (χ2n) is 19.5. The maximum Gasteiger partial charge on any atom is 0.306 e. The summed E-state index contributed by atoms with van der Waals surface area (Å²) >= 11 is 0. The van der Waals surface area contributed by atoms with E-state index in [4.69, 9.17) is 14.2 Å². The molecular weight excluding hydrogens is 853 g/mol. The van der Waals surface area contributed by atoms with E-state index in [1.165, 1.54) is 135 Å². The van der Waals surface area contributed by atoms with E-state index < -0.39 is 6.10 Å². The summed E-state index contributed by atoms with van der Waals surface area (Å²) in [6.07, 6.45) is 73.2. The molecule has 0 aromatic heterocycles. The van der Waals surface area contributed by atoms with Gasteiger partial charge in [0.05, 0.1) is 0 Å². The molecule has 0 radical (unpaired) electrons. The summed E-state index contributed by atoms with van der Waals surface area (Å²) in [5.41, 5.74) is 0. The van der Waals surface area contributed by atoms with E-state index >= 15 is 0 Å². The van der Waals surface area contributed by atoms with Gasteiger partial charge in [0.25, 0.3) is 0 Å². The first-order valence-electron chi connectivity index (χ1n) is 29.4. The zero-order chi connectivity index (χ0) is 50.0. The molecule has 0 fully saturated rings. The fourth-order valence-electron chi connectivity index (χ4n) is 8.29. The van der Waals surface area contributed by atoms with Crippen LogP contribution in [0.4, 0.5) is 0 Å². The SMILES string of the molecule is CC/C=C\C/C=C\C/C=C\C/C=C\CCCCCCCCCCC(=O)OCC(COC(=O)CCCCCCCCCCCCCCCCC)OC(=O)CCCCCCC/C=C\C/C=C\CCCCC. The number of rotatable bonds is 53. The van der Waals surface area contributed by atoms with Crippen molar-refractivity contribution >= 4 is 17.9 Å². The van der Waals surface area contributed by atoms with Gasteiger partial charge in [-0.05, 0) is 89.9 Å². The van der Waals surface area contributed by atoms with Crippen LogP contribution in [0.1, 0.15) is 290 Å². The Morgan fingerprint density at radius 1 is 0.304 bits per heavy atom. The van der Waals surface area contributed by atoms with Crippen LogP contribution in [0.2, 0.25) is 0 Å². The topological polar surface area (TPSA) is 78.9 Å². The molecule has 1 atom stereocenters. The summed E-state index contributed by atoms with van der Waals surface area (Å²) in [5, 5.41) is 0. The van der Waals surface area contributed by atoms with Gasteiger partial charge in [0.2, 0.25) is 0 Å². The van der Waals surface area contributed by atoms with E-state index in [9.17, 15) is 14.4 Å². The van der Waals surface area contributed by atoms with Crippen molar-refractivity contribution < 1.29 is 28.6 Å². The predicted molar refractivity (Wildman–Crippen MR) is 298 cm³/mol. The lowest BCUT2D eigenvalue weighted by Crippen LogP contribution is -2.30. The summed E-state index contributed by atoms with van der Waals surface area (Å²) in [5.74, 6) is -0.892. The monoisotopic (exact) mass is 963 g/mol. The minimum atomic E-state index is -0.785. The van der Waals surface area contributed by atoms with Crippen molar-refractivity contribution in [2.75, 3.05) is 13.2 Å². The lowest BCUT2D eigenvalue weighted by molar-refractivity contribution is -0.167. The Morgan fingerprint density at radius 2 is 0.565 bits per heavy atom. The van der Waals surface area contributed by atoms with Crippen LogP contribution in [-0.2, 0) is 28.6 Å². The fraction of sp³-hybridized carbons (Fsp3) is 0.762. The van der Waals surface area contributed by atoms with E-state index in [1.54, 1.807) is 0 Å². The number of esters is 3. The molecule has 0 aliphatic rings. The molecule has 0 aliphatic heterocycles. The molecule has 0 bridgehead atoms. The Hall–Kier alpha value is -3.15. The van der Waals surface area contributed by atoms with E-state index in [1.807, 2.05) is 0 Å². The average molecular weight is 964 g/mol. The largest absolute Gasteiger partial charge is 0.462 e. The van der Waals surface area contributed by atoms with Crippen molar-refractivity contribution in [1.82, 2.24) is 0 Å². The van der Waals surface area contributed by atoms with Crippen LogP contribution in [0.5, 0.6) is 0 Å². The van der Waals surface area contributed by atoms with Gasteiger partial charge in [-0.15, -0.1) is 0 Å². The molecule has 0 amide bonds. The fourth-order valence-corrected chi connectivity index (χ4v) is 8.29. The summed E-state index contributed by atoms with van der Waals surface area (Å²) in [6, 6.07) is 0. The molecular formula is C63H110O6. The lowest BCUT2D eigenvalue weighted by Gasteiger charge is -2.18. The van der Waals surface area contributed by atoms with Gasteiger partial charge in [-0.25, -0.2) is 0 Å². The molecule has 0 heterocycles. The number of hydrogen-bond acceptors (Lipinski definition) is 6. The van der Waals surface area contributed by atoms with Gasteiger partial charge in [-0.1, -0.05) is 254 Å². The quantitative estimate of drug-likeness (QED) is 0.0262. The molecule has 6 nitrogen and oxygen atoms in total. The van der Waals surface area contributed by atoms with Gasteiger partial charge < -0.3 is 14.2 Å². The molecule has 0 spiro atoms. The van der Waals surface area contributed by atoms with Crippen molar-refractivity contribution in [1.29, 1.82) is 0 Å². The first-order valence-corrected chi connectivity index (χ1v) is 29.4. The van der Waals surface area contributed by atoms with E-state index in [0.29, 0.717) is 19.3 Å². The molecule has 6 heteroatoms. The van der Waals surface area contributed by atoms with Gasteiger partial charge in [-0.3, -0.25) is 14.4 Å². The first-order chi connectivity index (χ1) is 34.0. The van der Waals surface area contributed by atoms with Gasteiger partial charge in [-0.2, -0.15) is 0 Å². The number of carbonyl (C=O) groups excluding carboxylic acids is 3. The maximum absolute atomic E-state index is 12.9. The molecule has 398 valence electrons. The number of carbonyl (C=O) groups is 3. The summed E-state index contributed by atoms with van der Waals surface area (Å²) in [6.45, 7) is 6.51. The summed E-state index contributed by atoms with van der Waals surface area (Å²) in [4.78, 5) is 38.2. The Balaban J connectivity index is 4.37. The lowest BCUT2D eigenvalue weighted by atomic mass is 10.0. The molecule has 0 aromatic carbocycles. The summed E-state index contributed by atoms with van der Waals surface area (Å²) < 4.78 is 16.9. The van der Waals surface area contributed by atoms with Crippen molar-refractivity contribution in [3.05, 3.63) is 72.9 Å². The molecule has 0 N–H and O–H groups in total. The highest BCUT2D eigenvalue weighted by atomic mass is 16.6. The van der Waals surface area contributed by atoms with E-state index in [2.05, 4.69) is 93.7 Å². The standard InChI is InChI=1S/C63H110O6/c1-4-7-10-13-16-19-22-25-28-29-30-31-32-33-36-38-41-44-47-50-53-56-62(65)68-59-60(69-63(66)57-54-51-48-45-42-39-35-27-24-21-18-15-12-9-6-3)58-67-61(64)55-52-49-46-43-40-37-34-26-23-20-17-14-11-8-5-2/h7,10,16,18-19,21,25,27-28,30-31,35,60H,4-6,8-9,11-15,17,20,22-24,26,29,32-34,36-59H2,1-3H3/b10-7-,19-16-,21-18-,28-25-,31-30-,35-27-. The van der Waals surface area contributed by atoms with Gasteiger partial charge >= 0.3 is 17.9 Å². The first kappa shape index (κ1) is 65.8. The smallest absolute Gasteiger partial charge is 0.306 e. The van der Waals surface area contributed by atoms with Crippen LogP contribution in [0.15, 0.2) is 72.9 Å². The minimum Gasteiger partial charge on any atom is -0.462 e. The Bertz CT molecular complexity index is 1290. The van der Waals surface area contributed by atoms with Crippen LogP contribution < -0.4 is 0 Å². The second kappa shape index (κ2) is 57.4. The highest BCUT2D eigenvalue weighted by molar-refractivity contribution is 5.71. The molecule has 0 aromatic rings. The van der Waals surface area contributed by atoms with Crippen molar-refractivity contribution in [3.63, 3.8) is 0 Å². The molecule has 0 saturated heterocycles. The van der Waals surface area contributed by atoms with Crippen LogP contribution in [-0.4, -0.2) is 37.2 Å². The third kappa shape index (κ3) is 55.6. The van der Waals surface area contributed by atoms with Crippen LogP contribution in [0.25, 0.3) is 0 Å². The zero-order valence-electron chi connectivity index (χ0n) is 45.6. The molecule has 69 heavy (non-hydrogen) atoms. The summed E-state index contributed by atoms with van der Waals surface area (Å²) in [7, 11) is 0. The van der Waals surface area contributed by atoms with Crippen LogP contribution in [0.3, 0.4) is 0 Å². The van der Waals surface area contributed by atoms with Gasteiger partial charge in [0.15, 0.2) is 6.10 Å². The van der Waals surface area contributed by atoms with E-state index in [-0.39, 0.29) is 31.1 Å². The Labute approximate surface area is 427 Å². The van der Waals surface area contributed by atoms with Crippen LogP contribution in [0, 0.1) is 0 Å². The van der Waals surface area contributed by atoms with Crippen molar-refractivity contribution in [3.8, 4) is 0 Å². The van der Waals surface area contributed by atoms with E-state index in [0.717, 1.165) is 116 Å². The molecule has 1 unspecified atom stereocenters.